The predicted molar refractivity (Wildman–Crippen MR) is 42.9 cm³/mol. The van der Waals surface area contributed by atoms with Crippen molar-refractivity contribution >= 4 is 5.97 Å². The van der Waals surface area contributed by atoms with Gasteiger partial charge in [-0.25, -0.2) is 0 Å². The normalized spacial score (nSPS) is 46.1. The van der Waals surface area contributed by atoms with Crippen LogP contribution in [0.1, 0.15) is 32.6 Å². The lowest BCUT2D eigenvalue weighted by atomic mass is 9.67. The van der Waals surface area contributed by atoms with Gasteiger partial charge in [0.25, 0.3) is 0 Å². The standard InChI is InChI=1S/C9H14O3/c1-8-2-4-9(5-3-8,6-12-8)7(10)11/h2-6H2,1H3,(H,10,11). The molecule has 0 aromatic carbocycles. The molecular weight excluding hydrogens is 156 g/mol. The van der Waals surface area contributed by atoms with Gasteiger partial charge in [-0.1, -0.05) is 0 Å². The summed E-state index contributed by atoms with van der Waals surface area (Å²) in [6.45, 7) is 2.50. The summed E-state index contributed by atoms with van der Waals surface area (Å²) in [7, 11) is 0. The van der Waals surface area contributed by atoms with Crippen molar-refractivity contribution in [1.82, 2.24) is 0 Å². The number of carbonyl (C=O) groups is 1. The van der Waals surface area contributed by atoms with E-state index in [2.05, 4.69) is 6.92 Å². The Bertz CT molecular complexity index is 197. The molecule has 3 heteroatoms. The third-order valence-corrected chi connectivity index (χ3v) is 3.42. The second-order valence-corrected chi connectivity index (χ2v) is 4.32. The van der Waals surface area contributed by atoms with Crippen LogP contribution in [0.2, 0.25) is 0 Å². The topological polar surface area (TPSA) is 46.5 Å². The van der Waals surface area contributed by atoms with Crippen molar-refractivity contribution in [3.8, 4) is 0 Å². The Morgan fingerprint density at radius 3 is 2.25 bits per heavy atom. The van der Waals surface area contributed by atoms with E-state index < -0.39 is 11.4 Å². The van der Waals surface area contributed by atoms with Crippen molar-refractivity contribution in [3.05, 3.63) is 0 Å². The Morgan fingerprint density at radius 1 is 1.33 bits per heavy atom. The molecular formula is C9H14O3. The van der Waals surface area contributed by atoms with Crippen molar-refractivity contribution in [3.63, 3.8) is 0 Å². The maximum Gasteiger partial charge on any atom is 0.311 e. The van der Waals surface area contributed by atoms with Crippen LogP contribution in [0.25, 0.3) is 0 Å². The van der Waals surface area contributed by atoms with Crippen LogP contribution in [0.5, 0.6) is 0 Å². The highest BCUT2D eigenvalue weighted by atomic mass is 16.5. The van der Waals surface area contributed by atoms with E-state index in [1.54, 1.807) is 0 Å². The molecule has 0 radical (unpaired) electrons. The Hall–Kier alpha value is -0.570. The summed E-state index contributed by atoms with van der Waals surface area (Å²) >= 11 is 0. The predicted octanol–water partition coefficient (Wildman–Crippen LogP) is 1.42. The molecule has 3 rings (SSSR count). The quantitative estimate of drug-likeness (QED) is 0.647. The van der Waals surface area contributed by atoms with Gasteiger partial charge >= 0.3 is 5.97 Å². The van der Waals surface area contributed by atoms with Crippen molar-refractivity contribution < 1.29 is 14.6 Å². The van der Waals surface area contributed by atoms with Gasteiger partial charge in [-0.05, 0) is 32.6 Å². The van der Waals surface area contributed by atoms with E-state index >= 15 is 0 Å². The van der Waals surface area contributed by atoms with Crippen LogP contribution < -0.4 is 0 Å². The molecule has 2 heterocycles. The highest BCUT2D eigenvalue weighted by Crippen LogP contribution is 2.48. The lowest BCUT2D eigenvalue weighted by Crippen LogP contribution is -2.52. The largest absolute Gasteiger partial charge is 0.481 e. The third-order valence-electron chi connectivity index (χ3n) is 3.42. The van der Waals surface area contributed by atoms with Gasteiger partial charge < -0.3 is 9.84 Å². The van der Waals surface area contributed by atoms with Gasteiger partial charge in [-0.3, -0.25) is 4.79 Å². The first-order valence-corrected chi connectivity index (χ1v) is 4.44. The second kappa shape index (κ2) is 2.22. The van der Waals surface area contributed by atoms with E-state index in [1.807, 2.05) is 0 Å². The van der Waals surface area contributed by atoms with Crippen molar-refractivity contribution in [2.45, 2.75) is 38.2 Å². The first kappa shape index (κ1) is 8.05. The summed E-state index contributed by atoms with van der Waals surface area (Å²) in [6.07, 6.45) is 3.39. The van der Waals surface area contributed by atoms with Crippen molar-refractivity contribution in [2.75, 3.05) is 6.61 Å². The molecule has 0 atom stereocenters. The molecule has 3 aliphatic rings. The Kier molecular flexibility index (Phi) is 1.49. The lowest BCUT2D eigenvalue weighted by Gasteiger charge is -2.49. The molecule has 68 valence electrons. The van der Waals surface area contributed by atoms with E-state index in [0.717, 1.165) is 25.7 Å². The van der Waals surface area contributed by atoms with Gasteiger partial charge in [-0.2, -0.15) is 0 Å². The van der Waals surface area contributed by atoms with Gasteiger partial charge in [0, 0.05) is 0 Å². The summed E-state index contributed by atoms with van der Waals surface area (Å²) in [4.78, 5) is 11.0. The van der Waals surface area contributed by atoms with Gasteiger partial charge in [0.15, 0.2) is 0 Å². The third kappa shape index (κ3) is 0.959. The first-order valence-electron chi connectivity index (χ1n) is 4.44. The minimum absolute atomic E-state index is 0.0167. The number of ether oxygens (including phenoxy) is 1. The van der Waals surface area contributed by atoms with Crippen LogP contribution in [0, 0.1) is 5.41 Å². The van der Waals surface area contributed by atoms with Crippen LogP contribution in [0.15, 0.2) is 0 Å². The molecule has 0 aromatic rings. The van der Waals surface area contributed by atoms with Gasteiger partial charge in [0.2, 0.25) is 0 Å². The van der Waals surface area contributed by atoms with Gasteiger partial charge in [-0.15, -0.1) is 0 Å². The number of aliphatic carboxylic acids is 1. The van der Waals surface area contributed by atoms with E-state index in [0.29, 0.717) is 6.61 Å². The zero-order valence-electron chi connectivity index (χ0n) is 7.30. The first-order chi connectivity index (χ1) is 5.56. The molecule has 0 aromatic heterocycles. The molecule has 1 saturated carbocycles. The number of rotatable bonds is 1. The molecule has 1 aliphatic carbocycles. The summed E-state index contributed by atoms with van der Waals surface area (Å²) in [6, 6.07) is 0. The molecule has 0 unspecified atom stereocenters. The van der Waals surface area contributed by atoms with Crippen LogP contribution >= 0.6 is 0 Å². The molecule has 2 aliphatic heterocycles. The number of carboxylic acid groups (broad SMARTS) is 1. The summed E-state index contributed by atoms with van der Waals surface area (Å²) in [5.41, 5.74) is -0.561. The van der Waals surface area contributed by atoms with Crippen molar-refractivity contribution in [2.24, 2.45) is 5.41 Å². The van der Waals surface area contributed by atoms with Crippen molar-refractivity contribution in [1.29, 1.82) is 0 Å². The average molecular weight is 170 g/mol. The van der Waals surface area contributed by atoms with Crippen LogP contribution in [-0.2, 0) is 9.53 Å². The van der Waals surface area contributed by atoms with Crippen LogP contribution in [-0.4, -0.2) is 23.3 Å². The Labute approximate surface area is 71.7 Å². The molecule has 0 amide bonds. The average Bonchev–Trinajstić information content (AvgIpc) is 2.06. The molecule has 0 spiro atoms. The van der Waals surface area contributed by atoms with E-state index in [1.165, 1.54) is 0 Å². The number of hydrogen-bond acceptors (Lipinski definition) is 2. The highest BCUT2D eigenvalue weighted by molar-refractivity contribution is 5.75. The maximum absolute atomic E-state index is 11.0. The minimum Gasteiger partial charge on any atom is -0.481 e. The Balaban J connectivity index is 2.20. The molecule has 12 heavy (non-hydrogen) atoms. The number of carboxylic acids is 1. The molecule has 2 bridgehead atoms. The minimum atomic E-state index is -0.677. The Morgan fingerprint density at radius 2 is 1.92 bits per heavy atom. The zero-order chi connectivity index (χ0) is 8.82. The van der Waals surface area contributed by atoms with Gasteiger partial charge in [0.05, 0.1) is 17.6 Å². The highest BCUT2D eigenvalue weighted by Gasteiger charge is 2.51. The SMILES string of the molecule is CC12CCC(C(=O)O)(CC1)CO2. The lowest BCUT2D eigenvalue weighted by molar-refractivity contribution is -0.196. The summed E-state index contributed by atoms with van der Waals surface area (Å²) in [5.74, 6) is -0.677. The molecule has 1 N–H and O–H groups in total. The van der Waals surface area contributed by atoms with Gasteiger partial charge in [0.1, 0.15) is 0 Å². The molecule has 2 saturated heterocycles. The molecule has 3 nitrogen and oxygen atoms in total. The van der Waals surface area contributed by atoms with E-state index in [4.69, 9.17) is 9.84 Å². The smallest absolute Gasteiger partial charge is 0.311 e. The second-order valence-electron chi connectivity index (χ2n) is 4.32. The molecule has 3 fully saturated rings. The monoisotopic (exact) mass is 170 g/mol. The fraction of sp³-hybridized carbons (Fsp3) is 0.889. The van der Waals surface area contributed by atoms with E-state index in [9.17, 15) is 4.79 Å². The fourth-order valence-corrected chi connectivity index (χ4v) is 2.13. The fourth-order valence-electron chi connectivity index (χ4n) is 2.13. The van der Waals surface area contributed by atoms with E-state index in [-0.39, 0.29) is 5.60 Å². The van der Waals surface area contributed by atoms with Crippen LogP contribution in [0.3, 0.4) is 0 Å². The summed E-state index contributed by atoms with van der Waals surface area (Å²) in [5, 5.41) is 9.02. The zero-order valence-corrected chi connectivity index (χ0v) is 7.30. The number of fused-ring (bicyclic) bond motifs is 3. The maximum atomic E-state index is 11.0. The number of hydrogen-bond donors (Lipinski definition) is 1. The summed E-state index contributed by atoms with van der Waals surface area (Å²) < 4.78 is 5.55. The van der Waals surface area contributed by atoms with Crippen LogP contribution in [0.4, 0.5) is 0 Å².